The Labute approximate surface area is 223 Å². The van der Waals surface area contributed by atoms with E-state index < -0.39 is 23.7 Å². The highest BCUT2D eigenvalue weighted by molar-refractivity contribution is 5.83. The zero-order chi connectivity index (χ0) is 27.4. The first-order valence-corrected chi connectivity index (χ1v) is 12.5. The third-order valence-corrected chi connectivity index (χ3v) is 6.78. The predicted molar refractivity (Wildman–Crippen MR) is 143 cm³/mol. The smallest absolute Gasteiger partial charge is 0.407 e. The Morgan fingerprint density at radius 1 is 1.00 bits per heavy atom. The van der Waals surface area contributed by atoms with Gasteiger partial charge in [-0.1, -0.05) is 48.5 Å². The maximum Gasteiger partial charge on any atom is 0.407 e. The molecule has 0 spiro atoms. The van der Waals surface area contributed by atoms with Crippen LogP contribution in [-0.4, -0.2) is 43.7 Å². The number of carbonyl (C=O) groups is 2. The van der Waals surface area contributed by atoms with Gasteiger partial charge >= 0.3 is 17.7 Å². The van der Waals surface area contributed by atoms with Gasteiger partial charge in [-0.2, -0.15) is 0 Å². The highest BCUT2D eigenvalue weighted by atomic mass is 16.7. The normalized spacial score (nSPS) is 12.9. The van der Waals surface area contributed by atoms with Gasteiger partial charge in [-0.25, -0.2) is 14.4 Å². The van der Waals surface area contributed by atoms with Crippen LogP contribution < -0.4 is 15.7 Å². The number of nitrogens with one attached hydrogen (secondary N) is 1. The van der Waals surface area contributed by atoms with Crippen LogP contribution in [0.5, 0.6) is 5.75 Å². The molecule has 0 bridgehead atoms. The van der Waals surface area contributed by atoms with Crippen LogP contribution in [0.4, 0.5) is 4.79 Å². The lowest BCUT2D eigenvalue weighted by atomic mass is 9.98. The van der Waals surface area contributed by atoms with E-state index in [0.29, 0.717) is 22.3 Å². The second-order valence-electron chi connectivity index (χ2n) is 9.20. The van der Waals surface area contributed by atoms with Crippen LogP contribution >= 0.6 is 0 Å². The summed E-state index contributed by atoms with van der Waals surface area (Å²) in [5.74, 6) is -0.880. The molecular weight excluding hydrogens is 502 g/mol. The lowest BCUT2D eigenvalue weighted by molar-refractivity contribution is -0.139. The number of rotatable bonds is 10. The number of ether oxygens (including phenoxy) is 3. The summed E-state index contributed by atoms with van der Waals surface area (Å²) >= 11 is 0. The van der Waals surface area contributed by atoms with Gasteiger partial charge in [0.1, 0.15) is 24.0 Å². The summed E-state index contributed by atoms with van der Waals surface area (Å²) in [7, 11) is 1.49. The molecule has 4 aromatic rings. The molecule has 1 atom stereocenters. The van der Waals surface area contributed by atoms with Crippen LogP contribution in [0, 0.1) is 0 Å². The summed E-state index contributed by atoms with van der Waals surface area (Å²) in [6, 6.07) is 21.0. The third-order valence-electron chi connectivity index (χ3n) is 6.78. The number of hydrogen-bond donors (Lipinski definition) is 2. The number of hydrogen-bond acceptors (Lipinski definition) is 7. The second-order valence-corrected chi connectivity index (χ2v) is 9.20. The molecular formula is C30H27NO8. The molecule has 9 nitrogen and oxygen atoms in total. The minimum Gasteiger partial charge on any atom is -0.480 e. The summed E-state index contributed by atoms with van der Waals surface area (Å²) < 4.78 is 21.1. The summed E-state index contributed by atoms with van der Waals surface area (Å²) in [4.78, 5) is 36.7. The Kier molecular flexibility index (Phi) is 7.60. The van der Waals surface area contributed by atoms with Gasteiger partial charge in [0.25, 0.3) is 0 Å². The Morgan fingerprint density at radius 3 is 2.36 bits per heavy atom. The number of fused-ring (bicyclic) bond motifs is 4. The fourth-order valence-corrected chi connectivity index (χ4v) is 4.97. The summed E-state index contributed by atoms with van der Waals surface area (Å²) in [5.41, 5.74) is 4.66. The Balaban J connectivity index is 1.24. The van der Waals surface area contributed by atoms with Crippen molar-refractivity contribution in [2.45, 2.75) is 24.8 Å². The van der Waals surface area contributed by atoms with Gasteiger partial charge < -0.3 is 29.1 Å². The van der Waals surface area contributed by atoms with Crippen molar-refractivity contribution >= 4 is 23.0 Å². The number of aliphatic carboxylic acids is 1. The molecule has 0 unspecified atom stereocenters. The Hall–Kier alpha value is -4.63. The molecule has 0 fully saturated rings. The monoisotopic (exact) mass is 529 g/mol. The molecule has 3 aromatic carbocycles. The van der Waals surface area contributed by atoms with E-state index in [0.717, 1.165) is 22.3 Å². The average molecular weight is 530 g/mol. The molecule has 1 aromatic heterocycles. The fraction of sp³-hybridized carbons (Fsp3) is 0.233. The molecule has 2 N–H and O–H groups in total. The van der Waals surface area contributed by atoms with Crippen molar-refractivity contribution in [2.75, 3.05) is 20.5 Å². The third kappa shape index (κ3) is 5.63. The van der Waals surface area contributed by atoms with Gasteiger partial charge in [0.15, 0.2) is 6.79 Å². The summed E-state index contributed by atoms with van der Waals surface area (Å²) in [6.07, 6.45) is -0.567. The van der Waals surface area contributed by atoms with Crippen LogP contribution in [0.15, 0.2) is 82.0 Å². The molecule has 1 aliphatic carbocycles. The Bertz CT molecular complexity index is 1530. The number of aryl methyl sites for hydroxylation is 1. The van der Waals surface area contributed by atoms with Gasteiger partial charge in [0.2, 0.25) is 0 Å². The SMILES string of the molecule is COCOc1ccc2c(CC[C@H](NC(=O)OCC3c4ccccc4-c4ccccc43)C(=O)O)cc(=O)oc2c1. The summed E-state index contributed by atoms with van der Waals surface area (Å²) in [5, 5.41) is 12.8. The molecule has 0 aliphatic heterocycles. The van der Waals surface area contributed by atoms with Gasteiger partial charge in [-0.3, -0.25) is 0 Å². The minimum atomic E-state index is -1.22. The van der Waals surface area contributed by atoms with Crippen LogP contribution in [0.3, 0.4) is 0 Å². The number of benzene rings is 3. The lowest BCUT2D eigenvalue weighted by Crippen LogP contribution is -2.41. The highest BCUT2D eigenvalue weighted by Gasteiger charge is 2.29. The molecule has 1 aliphatic rings. The van der Waals surface area contributed by atoms with E-state index in [2.05, 4.69) is 5.32 Å². The van der Waals surface area contributed by atoms with Crippen molar-refractivity contribution in [3.63, 3.8) is 0 Å². The summed E-state index contributed by atoms with van der Waals surface area (Å²) in [6.45, 7) is 0.112. The van der Waals surface area contributed by atoms with E-state index in [1.165, 1.54) is 13.2 Å². The molecule has 1 heterocycles. The first-order valence-electron chi connectivity index (χ1n) is 12.5. The van der Waals surface area contributed by atoms with Gasteiger partial charge in [-0.15, -0.1) is 0 Å². The molecule has 9 heteroatoms. The number of amides is 1. The zero-order valence-corrected chi connectivity index (χ0v) is 21.2. The van der Waals surface area contributed by atoms with Gasteiger partial charge in [0, 0.05) is 30.5 Å². The van der Waals surface area contributed by atoms with E-state index in [9.17, 15) is 19.5 Å². The van der Waals surface area contributed by atoms with E-state index >= 15 is 0 Å². The zero-order valence-electron chi connectivity index (χ0n) is 21.2. The molecule has 5 rings (SSSR count). The standard InChI is InChI=1S/C30H27NO8/c1-36-17-38-19-11-12-20-18(14-28(32)39-27(20)15-19)10-13-26(29(33)34)31-30(35)37-16-25-23-8-4-2-6-21(23)22-7-3-5-9-24(22)25/h2-9,11-12,14-15,25-26H,10,13,16-17H2,1H3,(H,31,35)(H,33,34)/t26-/m0/s1. The minimum absolute atomic E-state index is 0.0389. The number of methoxy groups -OCH3 is 1. The fourth-order valence-electron chi connectivity index (χ4n) is 4.97. The largest absolute Gasteiger partial charge is 0.480 e. The van der Waals surface area contributed by atoms with E-state index in [4.69, 9.17) is 18.6 Å². The lowest BCUT2D eigenvalue weighted by Gasteiger charge is -2.18. The first-order chi connectivity index (χ1) is 18.9. The molecule has 39 heavy (non-hydrogen) atoms. The first kappa shape index (κ1) is 26.0. The van der Waals surface area contributed by atoms with Crippen molar-refractivity contribution in [1.82, 2.24) is 5.32 Å². The maximum atomic E-state index is 12.7. The molecule has 0 saturated heterocycles. The van der Waals surface area contributed by atoms with Crippen molar-refractivity contribution in [3.05, 3.63) is 99.9 Å². The van der Waals surface area contributed by atoms with Crippen molar-refractivity contribution in [1.29, 1.82) is 0 Å². The van der Waals surface area contributed by atoms with Crippen LogP contribution in [0.1, 0.15) is 29.0 Å². The van der Waals surface area contributed by atoms with Gasteiger partial charge in [-0.05, 0) is 52.8 Å². The average Bonchev–Trinajstić information content (AvgIpc) is 3.26. The van der Waals surface area contributed by atoms with Gasteiger partial charge in [0.05, 0.1) is 0 Å². The van der Waals surface area contributed by atoms with Crippen molar-refractivity contribution in [2.24, 2.45) is 0 Å². The topological polar surface area (TPSA) is 124 Å². The quantitative estimate of drug-likeness (QED) is 0.224. The Morgan fingerprint density at radius 2 is 1.69 bits per heavy atom. The molecule has 0 saturated carbocycles. The van der Waals surface area contributed by atoms with Crippen molar-refractivity contribution < 1.29 is 33.3 Å². The van der Waals surface area contributed by atoms with Crippen LogP contribution in [-0.2, 0) is 20.7 Å². The van der Waals surface area contributed by atoms with E-state index in [1.54, 1.807) is 18.2 Å². The van der Waals surface area contributed by atoms with E-state index in [1.807, 2.05) is 48.5 Å². The van der Waals surface area contributed by atoms with Crippen LogP contribution in [0.2, 0.25) is 0 Å². The number of alkyl carbamates (subject to hydrolysis) is 1. The van der Waals surface area contributed by atoms with Crippen molar-refractivity contribution in [3.8, 4) is 16.9 Å². The van der Waals surface area contributed by atoms with E-state index in [-0.39, 0.29) is 32.2 Å². The van der Waals surface area contributed by atoms with Crippen LogP contribution in [0.25, 0.3) is 22.1 Å². The number of carboxylic acids is 1. The molecule has 1 amide bonds. The molecule has 200 valence electrons. The maximum absolute atomic E-state index is 12.7. The second kappa shape index (κ2) is 11.4. The number of carboxylic acid groups (broad SMARTS) is 1. The predicted octanol–water partition coefficient (Wildman–Crippen LogP) is 4.70. The molecule has 0 radical (unpaired) electrons. The number of carbonyl (C=O) groups excluding carboxylic acids is 1. The highest BCUT2D eigenvalue weighted by Crippen LogP contribution is 2.44.